The maximum atomic E-state index is 12.7. The Hall–Kier alpha value is -2.28. The average molecular weight is 358 g/mol. The summed E-state index contributed by atoms with van der Waals surface area (Å²) < 4.78 is 0. The summed E-state index contributed by atoms with van der Waals surface area (Å²) in [5, 5.41) is 12.3. The van der Waals surface area contributed by atoms with Crippen LogP contribution >= 0.6 is 0 Å². The normalized spacial score (nSPS) is 23.1. The number of carbonyl (C=O) groups is 2. The molecule has 0 bridgehead atoms. The number of rotatable bonds is 4. The lowest BCUT2D eigenvalue weighted by Gasteiger charge is -2.36. The number of hydrogen-bond donors (Lipinski definition) is 2. The quantitative estimate of drug-likeness (QED) is 0.796. The van der Waals surface area contributed by atoms with E-state index in [9.17, 15) is 14.7 Å². The third kappa shape index (κ3) is 3.11. The van der Waals surface area contributed by atoms with Gasteiger partial charge in [-0.25, -0.2) is 4.79 Å². The first kappa shape index (κ1) is 17.1. The lowest BCUT2D eigenvalue weighted by Crippen LogP contribution is -2.49. The SMILES string of the molecule is O=C1NC2(CCCC2)C(=O)N1CCN1CCN(c2ccc(O)cc2)CC1. The van der Waals surface area contributed by atoms with E-state index in [0.717, 1.165) is 64.1 Å². The third-order valence-corrected chi connectivity index (χ3v) is 5.93. The van der Waals surface area contributed by atoms with Crippen molar-refractivity contribution in [3.8, 4) is 5.75 Å². The van der Waals surface area contributed by atoms with E-state index in [1.807, 2.05) is 12.1 Å². The van der Waals surface area contributed by atoms with Crippen molar-refractivity contribution >= 4 is 17.6 Å². The smallest absolute Gasteiger partial charge is 0.325 e. The molecule has 1 aromatic carbocycles. The second-order valence-corrected chi connectivity index (χ2v) is 7.52. The molecule has 7 heteroatoms. The van der Waals surface area contributed by atoms with Gasteiger partial charge in [-0.1, -0.05) is 12.8 Å². The van der Waals surface area contributed by atoms with Crippen LogP contribution in [0.5, 0.6) is 5.75 Å². The number of phenols is 1. The van der Waals surface area contributed by atoms with Gasteiger partial charge in [-0.15, -0.1) is 0 Å². The van der Waals surface area contributed by atoms with Crippen LogP contribution in [0.15, 0.2) is 24.3 Å². The molecule has 2 N–H and O–H groups in total. The lowest BCUT2D eigenvalue weighted by atomic mass is 9.98. The van der Waals surface area contributed by atoms with Crippen molar-refractivity contribution in [3.63, 3.8) is 0 Å². The Morgan fingerprint density at radius 1 is 0.962 bits per heavy atom. The van der Waals surface area contributed by atoms with Crippen molar-refractivity contribution in [1.82, 2.24) is 15.1 Å². The van der Waals surface area contributed by atoms with Gasteiger partial charge < -0.3 is 15.3 Å². The number of amides is 3. The van der Waals surface area contributed by atoms with Crippen LogP contribution < -0.4 is 10.2 Å². The molecule has 3 aliphatic rings. The molecular formula is C19H26N4O3. The number of piperazine rings is 1. The van der Waals surface area contributed by atoms with Gasteiger partial charge >= 0.3 is 6.03 Å². The van der Waals surface area contributed by atoms with Crippen molar-refractivity contribution in [1.29, 1.82) is 0 Å². The van der Waals surface area contributed by atoms with E-state index in [0.29, 0.717) is 6.54 Å². The number of urea groups is 1. The maximum absolute atomic E-state index is 12.7. The Morgan fingerprint density at radius 2 is 1.62 bits per heavy atom. The zero-order valence-electron chi connectivity index (χ0n) is 15.0. The standard InChI is InChI=1S/C19H26N4O3/c24-16-5-3-15(4-6-16)22-12-9-21(10-13-22)11-14-23-17(25)19(20-18(23)26)7-1-2-8-19/h3-6,24H,1-2,7-14H2,(H,20,26). The largest absolute Gasteiger partial charge is 0.508 e. The van der Waals surface area contributed by atoms with Gasteiger partial charge in [-0.05, 0) is 37.1 Å². The third-order valence-electron chi connectivity index (χ3n) is 5.93. The van der Waals surface area contributed by atoms with Crippen LogP contribution in [-0.4, -0.2) is 71.7 Å². The first-order valence-electron chi connectivity index (χ1n) is 9.48. The van der Waals surface area contributed by atoms with Gasteiger partial charge in [-0.2, -0.15) is 0 Å². The molecular weight excluding hydrogens is 332 g/mol. The number of benzene rings is 1. The maximum Gasteiger partial charge on any atom is 0.325 e. The van der Waals surface area contributed by atoms with E-state index in [4.69, 9.17) is 0 Å². The van der Waals surface area contributed by atoms with E-state index in [-0.39, 0.29) is 17.7 Å². The van der Waals surface area contributed by atoms with Gasteiger partial charge in [0.25, 0.3) is 5.91 Å². The van der Waals surface area contributed by atoms with Crippen molar-refractivity contribution in [2.75, 3.05) is 44.2 Å². The van der Waals surface area contributed by atoms with Gasteiger partial charge in [0.05, 0.1) is 0 Å². The van der Waals surface area contributed by atoms with Crippen LogP contribution in [0.25, 0.3) is 0 Å². The molecule has 26 heavy (non-hydrogen) atoms. The first-order chi connectivity index (χ1) is 12.6. The summed E-state index contributed by atoms with van der Waals surface area (Å²) in [5.74, 6) is 0.253. The van der Waals surface area contributed by atoms with Crippen LogP contribution in [0, 0.1) is 0 Å². The summed E-state index contributed by atoms with van der Waals surface area (Å²) in [6.07, 6.45) is 3.58. The van der Waals surface area contributed by atoms with E-state index >= 15 is 0 Å². The minimum Gasteiger partial charge on any atom is -0.508 e. The Morgan fingerprint density at radius 3 is 2.27 bits per heavy atom. The molecule has 1 aromatic rings. The highest BCUT2D eigenvalue weighted by atomic mass is 16.3. The second-order valence-electron chi connectivity index (χ2n) is 7.52. The average Bonchev–Trinajstić information content (AvgIpc) is 3.21. The summed E-state index contributed by atoms with van der Waals surface area (Å²) in [7, 11) is 0. The number of carbonyl (C=O) groups excluding carboxylic acids is 2. The van der Waals surface area contributed by atoms with Gasteiger partial charge in [0.15, 0.2) is 0 Å². The number of anilines is 1. The first-order valence-corrected chi connectivity index (χ1v) is 9.48. The molecule has 0 atom stereocenters. The van der Waals surface area contributed by atoms with Gasteiger partial charge in [0.1, 0.15) is 11.3 Å². The fraction of sp³-hybridized carbons (Fsp3) is 0.579. The second kappa shape index (κ2) is 6.79. The van der Waals surface area contributed by atoms with Gasteiger partial charge in [-0.3, -0.25) is 14.6 Å². The molecule has 3 amide bonds. The van der Waals surface area contributed by atoms with E-state index in [1.165, 1.54) is 4.90 Å². The number of nitrogens with zero attached hydrogens (tertiary/aromatic N) is 3. The Labute approximate surface area is 153 Å². The molecule has 0 aromatic heterocycles. The van der Waals surface area contributed by atoms with Crippen LogP contribution in [0.4, 0.5) is 10.5 Å². The van der Waals surface area contributed by atoms with Crippen molar-refractivity contribution in [2.45, 2.75) is 31.2 Å². The summed E-state index contributed by atoms with van der Waals surface area (Å²) >= 11 is 0. The van der Waals surface area contributed by atoms with E-state index in [2.05, 4.69) is 15.1 Å². The number of phenolic OH excluding ortho intramolecular Hbond substituents is 1. The highest BCUT2D eigenvalue weighted by Gasteiger charge is 2.52. The number of imide groups is 1. The summed E-state index contributed by atoms with van der Waals surface area (Å²) in [6.45, 7) is 4.78. The predicted octanol–water partition coefficient (Wildman–Crippen LogP) is 1.38. The van der Waals surface area contributed by atoms with Crippen LogP contribution in [-0.2, 0) is 4.79 Å². The van der Waals surface area contributed by atoms with E-state index < -0.39 is 5.54 Å². The van der Waals surface area contributed by atoms with Crippen LogP contribution in [0.3, 0.4) is 0 Å². The molecule has 1 saturated carbocycles. The van der Waals surface area contributed by atoms with E-state index in [1.54, 1.807) is 12.1 Å². The topological polar surface area (TPSA) is 76.1 Å². The molecule has 1 spiro atoms. The fourth-order valence-electron chi connectivity index (χ4n) is 4.33. The lowest BCUT2D eigenvalue weighted by molar-refractivity contribution is -0.131. The molecule has 2 saturated heterocycles. The zero-order valence-corrected chi connectivity index (χ0v) is 15.0. The molecule has 2 heterocycles. The summed E-state index contributed by atoms with van der Waals surface area (Å²) in [5.41, 5.74) is 0.508. The summed E-state index contributed by atoms with van der Waals surface area (Å²) in [6, 6.07) is 7.05. The van der Waals surface area contributed by atoms with Crippen LogP contribution in [0.1, 0.15) is 25.7 Å². The fourth-order valence-corrected chi connectivity index (χ4v) is 4.33. The minimum absolute atomic E-state index is 0.0253. The number of nitrogens with one attached hydrogen (secondary N) is 1. The predicted molar refractivity (Wildman–Crippen MR) is 98.2 cm³/mol. The van der Waals surface area contributed by atoms with Crippen LogP contribution in [0.2, 0.25) is 0 Å². The molecule has 3 fully saturated rings. The van der Waals surface area contributed by atoms with Crippen molar-refractivity contribution < 1.29 is 14.7 Å². The molecule has 4 rings (SSSR count). The minimum atomic E-state index is -0.603. The number of hydrogen-bond acceptors (Lipinski definition) is 5. The Bertz CT molecular complexity index is 677. The zero-order chi connectivity index (χ0) is 18.1. The Kier molecular flexibility index (Phi) is 4.48. The summed E-state index contributed by atoms with van der Waals surface area (Å²) in [4.78, 5) is 30.9. The molecule has 140 valence electrons. The highest BCUT2D eigenvalue weighted by Crippen LogP contribution is 2.34. The molecule has 1 aliphatic carbocycles. The van der Waals surface area contributed by atoms with Crippen molar-refractivity contribution in [2.24, 2.45) is 0 Å². The molecule has 0 unspecified atom stereocenters. The molecule has 2 aliphatic heterocycles. The molecule has 0 radical (unpaired) electrons. The monoisotopic (exact) mass is 358 g/mol. The Balaban J connectivity index is 1.28. The van der Waals surface area contributed by atoms with Crippen molar-refractivity contribution in [3.05, 3.63) is 24.3 Å². The number of aromatic hydroxyl groups is 1. The molecule has 7 nitrogen and oxygen atoms in total. The van der Waals surface area contributed by atoms with Gasteiger partial charge in [0, 0.05) is 45.0 Å². The van der Waals surface area contributed by atoms with Gasteiger partial charge in [0.2, 0.25) is 0 Å². The highest BCUT2D eigenvalue weighted by molar-refractivity contribution is 6.07.